The first-order chi connectivity index (χ1) is 14.4. The number of urea groups is 1. The fourth-order valence-corrected chi connectivity index (χ4v) is 4.98. The summed E-state index contributed by atoms with van der Waals surface area (Å²) in [5.74, 6) is -1.42. The number of hydrogen-bond acceptors (Lipinski definition) is 2. The molecule has 0 radical (unpaired) electrons. The first-order valence-corrected chi connectivity index (χ1v) is 10.8. The molecule has 6 heteroatoms. The number of carbonyl (C=O) groups is 1. The number of hydrogen-bond donors (Lipinski definition) is 1. The molecule has 2 aromatic carbocycles. The first kappa shape index (κ1) is 20.8. The summed E-state index contributed by atoms with van der Waals surface area (Å²) in [6, 6.07) is 14.4. The number of benzene rings is 2. The second-order valence-electron chi connectivity index (χ2n) is 8.65. The molecule has 4 nitrogen and oxygen atoms in total. The van der Waals surface area contributed by atoms with Crippen LogP contribution in [0.25, 0.3) is 0 Å². The fourth-order valence-electron chi connectivity index (χ4n) is 4.98. The van der Waals surface area contributed by atoms with Crippen molar-refractivity contribution < 1.29 is 13.6 Å². The van der Waals surface area contributed by atoms with Crippen LogP contribution in [0.15, 0.2) is 48.5 Å². The monoisotopic (exact) mass is 413 g/mol. The third kappa shape index (κ3) is 3.81. The van der Waals surface area contributed by atoms with E-state index >= 15 is 0 Å². The largest absolute Gasteiger partial charge is 0.324 e. The van der Waals surface area contributed by atoms with Crippen LogP contribution in [0.4, 0.5) is 19.3 Å². The fraction of sp³-hybridized carbons (Fsp3) is 0.458. The molecule has 0 aromatic heterocycles. The maximum Gasteiger partial charge on any atom is 0.321 e. The van der Waals surface area contributed by atoms with Crippen LogP contribution in [-0.2, 0) is 0 Å². The van der Waals surface area contributed by atoms with Gasteiger partial charge < -0.3 is 10.2 Å². The van der Waals surface area contributed by atoms with Crippen molar-refractivity contribution in [1.29, 1.82) is 0 Å². The average Bonchev–Trinajstić information content (AvgIpc) is 2.74. The summed E-state index contributed by atoms with van der Waals surface area (Å²) in [6.45, 7) is 6.81. The molecule has 0 aliphatic carbocycles. The zero-order chi connectivity index (χ0) is 21.3. The number of rotatable bonds is 4. The average molecular weight is 414 g/mol. The van der Waals surface area contributed by atoms with Crippen molar-refractivity contribution in [3.63, 3.8) is 0 Å². The van der Waals surface area contributed by atoms with Crippen LogP contribution >= 0.6 is 0 Å². The lowest BCUT2D eigenvalue weighted by Gasteiger charge is -2.62. The highest BCUT2D eigenvalue weighted by Crippen LogP contribution is 2.55. The maximum absolute atomic E-state index is 13.9. The number of carbonyl (C=O) groups excluding carboxylic acids is 1. The molecule has 2 atom stereocenters. The quantitative estimate of drug-likeness (QED) is 0.725. The van der Waals surface area contributed by atoms with Gasteiger partial charge in [-0.3, -0.25) is 4.90 Å². The van der Waals surface area contributed by atoms with Crippen LogP contribution in [0.3, 0.4) is 0 Å². The molecule has 0 bridgehead atoms. The maximum atomic E-state index is 13.9. The molecule has 2 amide bonds. The molecular weight excluding hydrogens is 384 g/mol. The van der Waals surface area contributed by atoms with Gasteiger partial charge in [-0.15, -0.1) is 0 Å². The topological polar surface area (TPSA) is 35.6 Å². The highest BCUT2D eigenvalue weighted by Gasteiger charge is 2.55. The van der Waals surface area contributed by atoms with E-state index in [4.69, 9.17) is 0 Å². The standard InChI is InChI=1S/C24H29F2N3O/c1-3-17(2)29-16-24(22(29)18-7-5-4-6-8-18)11-13-28(14-12-24)23(30)27-21-10-9-19(25)15-20(21)26/h4-10,15,17,22H,3,11-14,16H2,1-2H3,(H,27,30). The molecule has 0 saturated carbocycles. The van der Waals surface area contributed by atoms with E-state index in [0.717, 1.165) is 37.9 Å². The van der Waals surface area contributed by atoms with Gasteiger partial charge in [-0.1, -0.05) is 37.3 Å². The SMILES string of the molecule is CCC(C)N1CC2(CCN(C(=O)Nc3ccc(F)cc3F)CC2)C1c1ccccc1. The Bertz CT molecular complexity index is 897. The van der Waals surface area contributed by atoms with Gasteiger partial charge in [-0.25, -0.2) is 13.6 Å². The van der Waals surface area contributed by atoms with E-state index in [9.17, 15) is 13.6 Å². The molecule has 2 fully saturated rings. The molecule has 1 N–H and O–H groups in total. The van der Waals surface area contributed by atoms with Gasteiger partial charge in [-0.05, 0) is 43.9 Å². The third-order valence-corrected chi connectivity index (χ3v) is 6.90. The highest BCUT2D eigenvalue weighted by molar-refractivity contribution is 5.89. The minimum absolute atomic E-state index is 0.00967. The Balaban J connectivity index is 1.44. The van der Waals surface area contributed by atoms with Gasteiger partial charge in [0, 0.05) is 43.2 Å². The number of nitrogens with zero attached hydrogens (tertiary/aromatic N) is 2. The molecule has 2 heterocycles. The Morgan fingerprint density at radius 2 is 1.87 bits per heavy atom. The molecule has 2 aliphatic heterocycles. The minimum Gasteiger partial charge on any atom is -0.324 e. The van der Waals surface area contributed by atoms with Crippen molar-refractivity contribution in [3.8, 4) is 0 Å². The molecule has 2 aliphatic rings. The Morgan fingerprint density at radius 1 is 1.17 bits per heavy atom. The summed E-state index contributed by atoms with van der Waals surface area (Å²) in [4.78, 5) is 17.0. The minimum atomic E-state index is -0.760. The summed E-state index contributed by atoms with van der Waals surface area (Å²) in [6.07, 6.45) is 2.94. The molecule has 30 heavy (non-hydrogen) atoms. The lowest BCUT2D eigenvalue weighted by atomic mass is 9.62. The van der Waals surface area contributed by atoms with E-state index in [1.54, 1.807) is 4.90 Å². The van der Waals surface area contributed by atoms with Gasteiger partial charge in [-0.2, -0.15) is 0 Å². The zero-order valence-electron chi connectivity index (χ0n) is 17.6. The number of halogens is 2. The highest BCUT2D eigenvalue weighted by atomic mass is 19.1. The van der Waals surface area contributed by atoms with Gasteiger partial charge in [0.25, 0.3) is 0 Å². The van der Waals surface area contributed by atoms with Gasteiger partial charge in [0.1, 0.15) is 11.6 Å². The second-order valence-corrected chi connectivity index (χ2v) is 8.65. The lowest BCUT2D eigenvalue weighted by Crippen LogP contribution is -2.64. The molecule has 2 aromatic rings. The number of likely N-dealkylation sites (tertiary alicyclic amines) is 2. The third-order valence-electron chi connectivity index (χ3n) is 6.90. The number of nitrogens with one attached hydrogen (secondary N) is 1. The molecule has 160 valence electrons. The Kier molecular flexibility index (Phi) is 5.78. The van der Waals surface area contributed by atoms with Crippen molar-refractivity contribution in [2.24, 2.45) is 5.41 Å². The summed E-state index contributed by atoms with van der Waals surface area (Å²) in [5.41, 5.74) is 1.52. The molecule has 2 unspecified atom stereocenters. The van der Waals surface area contributed by atoms with Crippen LogP contribution in [-0.4, -0.2) is 41.5 Å². The van der Waals surface area contributed by atoms with Crippen molar-refractivity contribution >= 4 is 11.7 Å². The summed E-state index contributed by atoms with van der Waals surface area (Å²) < 4.78 is 27.0. The van der Waals surface area contributed by atoms with E-state index in [-0.39, 0.29) is 17.1 Å². The van der Waals surface area contributed by atoms with Crippen LogP contribution in [0.1, 0.15) is 44.7 Å². The van der Waals surface area contributed by atoms with Crippen molar-refractivity contribution in [3.05, 3.63) is 65.7 Å². The number of amides is 2. The summed E-state index contributed by atoms with van der Waals surface area (Å²) >= 11 is 0. The van der Waals surface area contributed by atoms with Crippen LogP contribution in [0, 0.1) is 17.0 Å². The Labute approximate surface area is 176 Å². The normalized spacial score (nSPS) is 21.9. The van der Waals surface area contributed by atoms with Gasteiger partial charge in [0.2, 0.25) is 0 Å². The predicted molar refractivity (Wildman–Crippen MR) is 114 cm³/mol. The van der Waals surface area contributed by atoms with Crippen LogP contribution < -0.4 is 5.32 Å². The second kappa shape index (κ2) is 8.34. The van der Waals surface area contributed by atoms with Gasteiger partial charge in [0.15, 0.2) is 0 Å². The van der Waals surface area contributed by atoms with E-state index in [1.807, 2.05) is 6.07 Å². The van der Waals surface area contributed by atoms with Gasteiger partial charge >= 0.3 is 6.03 Å². The van der Waals surface area contributed by atoms with E-state index in [1.165, 1.54) is 11.6 Å². The van der Waals surface area contributed by atoms with Crippen molar-refractivity contribution in [2.75, 3.05) is 25.0 Å². The van der Waals surface area contributed by atoms with Crippen LogP contribution in [0.2, 0.25) is 0 Å². The van der Waals surface area contributed by atoms with Crippen LogP contribution in [0.5, 0.6) is 0 Å². The lowest BCUT2D eigenvalue weighted by molar-refractivity contribution is -0.126. The molecule has 2 saturated heterocycles. The van der Waals surface area contributed by atoms with E-state index in [0.29, 0.717) is 25.2 Å². The zero-order valence-corrected chi connectivity index (χ0v) is 17.6. The number of anilines is 1. The molecule has 1 spiro atoms. The Morgan fingerprint density at radius 3 is 2.50 bits per heavy atom. The van der Waals surface area contributed by atoms with E-state index < -0.39 is 11.6 Å². The molecular formula is C24H29F2N3O. The number of piperidine rings is 1. The van der Waals surface area contributed by atoms with Gasteiger partial charge in [0.05, 0.1) is 5.69 Å². The van der Waals surface area contributed by atoms with Crippen molar-refractivity contribution in [2.45, 2.75) is 45.2 Å². The predicted octanol–water partition coefficient (Wildman–Crippen LogP) is 5.43. The summed E-state index contributed by atoms with van der Waals surface area (Å²) in [5, 5.41) is 2.58. The summed E-state index contributed by atoms with van der Waals surface area (Å²) in [7, 11) is 0. The molecule has 4 rings (SSSR count). The van der Waals surface area contributed by atoms with E-state index in [2.05, 4.69) is 48.3 Å². The Hall–Kier alpha value is -2.47. The first-order valence-electron chi connectivity index (χ1n) is 10.8. The van der Waals surface area contributed by atoms with Crippen molar-refractivity contribution in [1.82, 2.24) is 9.80 Å². The smallest absolute Gasteiger partial charge is 0.321 e.